The molecule has 1 aliphatic heterocycles. The third-order valence-corrected chi connectivity index (χ3v) is 3.98. The van der Waals surface area contributed by atoms with Gasteiger partial charge in [-0.1, -0.05) is 37.3 Å². The fourth-order valence-electron chi connectivity index (χ4n) is 2.96. The molecule has 112 valence electrons. The van der Waals surface area contributed by atoms with Crippen LogP contribution in [0.15, 0.2) is 36.4 Å². The van der Waals surface area contributed by atoms with E-state index in [0.717, 1.165) is 45.0 Å². The Labute approximate surface area is 126 Å². The van der Waals surface area contributed by atoms with Crippen LogP contribution in [0.1, 0.15) is 19.8 Å². The van der Waals surface area contributed by atoms with Crippen LogP contribution >= 0.6 is 0 Å². The van der Waals surface area contributed by atoms with Gasteiger partial charge in [-0.05, 0) is 30.8 Å². The second kappa shape index (κ2) is 6.81. The second-order valence-electron chi connectivity index (χ2n) is 5.57. The lowest BCUT2D eigenvalue weighted by atomic mass is 10.1. The van der Waals surface area contributed by atoms with Crippen molar-refractivity contribution in [3.8, 4) is 5.75 Å². The molecule has 0 radical (unpaired) electrons. The van der Waals surface area contributed by atoms with Crippen molar-refractivity contribution in [1.82, 2.24) is 5.32 Å². The summed E-state index contributed by atoms with van der Waals surface area (Å²) in [5.74, 6) is 1.03. The van der Waals surface area contributed by atoms with Gasteiger partial charge in [-0.3, -0.25) is 0 Å². The Morgan fingerprint density at radius 2 is 2.00 bits per heavy atom. The minimum atomic E-state index is 0.775. The highest BCUT2D eigenvalue weighted by atomic mass is 16.5. The van der Waals surface area contributed by atoms with Gasteiger partial charge in [0.25, 0.3) is 0 Å². The molecule has 3 nitrogen and oxygen atoms in total. The molecular formula is C18H24N2O. The number of ether oxygens (including phenoxy) is 1. The molecule has 3 rings (SSSR count). The molecule has 2 aromatic rings. The van der Waals surface area contributed by atoms with E-state index in [1.165, 1.54) is 22.9 Å². The maximum absolute atomic E-state index is 6.03. The van der Waals surface area contributed by atoms with Crippen molar-refractivity contribution < 1.29 is 4.74 Å². The van der Waals surface area contributed by atoms with Crippen LogP contribution in [-0.4, -0.2) is 32.8 Å². The number of anilines is 1. The van der Waals surface area contributed by atoms with Crippen LogP contribution < -0.4 is 15.0 Å². The molecule has 1 fully saturated rings. The monoisotopic (exact) mass is 284 g/mol. The molecule has 3 heteroatoms. The average Bonchev–Trinajstić information content (AvgIpc) is 2.81. The molecule has 0 atom stereocenters. The van der Waals surface area contributed by atoms with E-state index in [2.05, 4.69) is 53.5 Å². The van der Waals surface area contributed by atoms with Crippen molar-refractivity contribution in [1.29, 1.82) is 0 Å². The van der Waals surface area contributed by atoms with Gasteiger partial charge in [-0.25, -0.2) is 0 Å². The van der Waals surface area contributed by atoms with Crippen molar-refractivity contribution >= 4 is 16.5 Å². The molecule has 0 saturated carbocycles. The van der Waals surface area contributed by atoms with Crippen LogP contribution in [-0.2, 0) is 0 Å². The number of hydrogen-bond donors (Lipinski definition) is 1. The van der Waals surface area contributed by atoms with Crippen molar-refractivity contribution in [2.24, 2.45) is 0 Å². The van der Waals surface area contributed by atoms with Gasteiger partial charge < -0.3 is 15.0 Å². The summed E-state index contributed by atoms with van der Waals surface area (Å²) in [6, 6.07) is 12.9. The third kappa shape index (κ3) is 3.13. The molecule has 0 bridgehead atoms. The quantitative estimate of drug-likeness (QED) is 0.931. The zero-order valence-electron chi connectivity index (χ0n) is 12.8. The summed E-state index contributed by atoms with van der Waals surface area (Å²) >= 11 is 0. The fraction of sp³-hybridized carbons (Fsp3) is 0.444. The summed E-state index contributed by atoms with van der Waals surface area (Å²) in [5, 5.41) is 6.06. The van der Waals surface area contributed by atoms with E-state index in [-0.39, 0.29) is 0 Å². The van der Waals surface area contributed by atoms with Gasteiger partial charge in [0.05, 0.1) is 12.3 Å². The highest BCUT2D eigenvalue weighted by Gasteiger charge is 2.17. The van der Waals surface area contributed by atoms with Crippen LogP contribution in [0.2, 0.25) is 0 Å². The molecule has 1 heterocycles. The van der Waals surface area contributed by atoms with E-state index in [1.54, 1.807) is 0 Å². The summed E-state index contributed by atoms with van der Waals surface area (Å²) in [7, 11) is 0. The van der Waals surface area contributed by atoms with Crippen LogP contribution in [0.4, 0.5) is 5.69 Å². The van der Waals surface area contributed by atoms with Gasteiger partial charge in [-0.15, -0.1) is 0 Å². The standard InChI is InChI=1S/C18H24N2O/c1-2-14-21-17-9-8-15-6-3-4-7-16(15)18(17)20-12-5-10-19-11-13-20/h3-4,6-9,19H,2,5,10-14H2,1H3. The summed E-state index contributed by atoms with van der Waals surface area (Å²) in [6.45, 7) is 7.19. The first-order valence-electron chi connectivity index (χ1n) is 8.00. The third-order valence-electron chi connectivity index (χ3n) is 3.98. The number of benzene rings is 2. The summed E-state index contributed by atoms with van der Waals surface area (Å²) < 4.78 is 6.03. The first-order valence-corrected chi connectivity index (χ1v) is 8.00. The molecule has 21 heavy (non-hydrogen) atoms. The van der Waals surface area contributed by atoms with E-state index in [0.29, 0.717) is 0 Å². The highest BCUT2D eigenvalue weighted by molar-refractivity contribution is 5.97. The number of nitrogens with one attached hydrogen (secondary N) is 1. The number of rotatable bonds is 4. The maximum Gasteiger partial charge on any atom is 0.143 e. The number of fused-ring (bicyclic) bond motifs is 1. The topological polar surface area (TPSA) is 24.5 Å². The van der Waals surface area contributed by atoms with Crippen molar-refractivity contribution in [3.63, 3.8) is 0 Å². The van der Waals surface area contributed by atoms with Gasteiger partial charge in [0.15, 0.2) is 0 Å². The Bertz CT molecular complexity index is 589. The van der Waals surface area contributed by atoms with E-state index in [1.807, 2.05) is 0 Å². The van der Waals surface area contributed by atoms with Gasteiger partial charge >= 0.3 is 0 Å². The lowest BCUT2D eigenvalue weighted by Crippen LogP contribution is -2.28. The molecule has 1 aliphatic rings. The predicted molar refractivity (Wildman–Crippen MR) is 89.4 cm³/mol. The molecule has 0 aliphatic carbocycles. The Morgan fingerprint density at radius 3 is 2.90 bits per heavy atom. The largest absolute Gasteiger partial charge is 0.491 e. The maximum atomic E-state index is 6.03. The fourth-order valence-corrected chi connectivity index (χ4v) is 2.96. The van der Waals surface area contributed by atoms with E-state index < -0.39 is 0 Å². The van der Waals surface area contributed by atoms with Crippen LogP contribution in [0, 0.1) is 0 Å². The van der Waals surface area contributed by atoms with Crippen molar-refractivity contribution in [2.45, 2.75) is 19.8 Å². The van der Waals surface area contributed by atoms with Crippen LogP contribution in [0.5, 0.6) is 5.75 Å². The molecule has 1 saturated heterocycles. The van der Waals surface area contributed by atoms with Gasteiger partial charge in [0, 0.05) is 25.0 Å². The Balaban J connectivity index is 2.05. The van der Waals surface area contributed by atoms with Gasteiger partial charge in [-0.2, -0.15) is 0 Å². The van der Waals surface area contributed by atoms with Crippen molar-refractivity contribution in [2.75, 3.05) is 37.7 Å². The predicted octanol–water partition coefficient (Wildman–Crippen LogP) is 3.43. The molecule has 0 amide bonds. The lowest BCUT2D eigenvalue weighted by molar-refractivity contribution is 0.318. The second-order valence-corrected chi connectivity index (χ2v) is 5.57. The Hall–Kier alpha value is -1.74. The molecule has 0 spiro atoms. The van der Waals surface area contributed by atoms with Crippen molar-refractivity contribution in [3.05, 3.63) is 36.4 Å². The molecule has 0 unspecified atom stereocenters. The van der Waals surface area contributed by atoms with Crippen LogP contribution in [0.3, 0.4) is 0 Å². The normalized spacial score (nSPS) is 16.0. The minimum absolute atomic E-state index is 0.775. The minimum Gasteiger partial charge on any atom is -0.491 e. The Kier molecular flexibility index (Phi) is 4.61. The zero-order chi connectivity index (χ0) is 14.5. The van der Waals surface area contributed by atoms with Gasteiger partial charge in [0.1, 0.15) is 5.75 Å². The summed E-state index contributed by atoms with van der Waals surface area (Å²) in [4.78, 5) is 2.48. The average molecular weight is 284 g/mol. The molecule has 1 N–H and O–H groups in total. The zero-order valence-corrected chi connectivity index (χ0v) is 12.8. The SMILES string of the molecule is CCCOc1ccc2ccccc2c1N1CCCNCC1. The molecular weight excluding hydrogens is 260 g/mol. The lowest BCUT2D eigenvalue weighted by Gasteiger charge is -2.26. The first kappa shape index (κ1) is 14.2. The first-order chi connectivity index (χ1) is 10.4. The molecule has 2 aromatic carbocycles. The number of nitrogens with zero attached hydrogens (tertiary/aromatic N) is 1. The van der Waals surface area contributed by atoms with E-state index >= 15 is 0 Å². The van der Waals surface area contributed by atoms with E-state index in [9.17, 15) is 0 Å². The highest BCUT2D eigenvalue weighted by Crippen LogP contribution is 2.36. The van der Waals surface area contributed by atoms with E-state index in [4.69, 9.17) is 4.74 Å². The summed E-state index contributed by atoms with van der Waals surface area (Å²) in [6.07, 6.45) is 2.21. The Morgan fingerprint density at radius 1 is 1.10 bits per heavy atom. The number of hydrogen-bond acceptors (Lipinski definition) is 3. The molecule has 0 aromatic heterocycles. The van der Waals surface area contributed by atoms with Gasteiger partial charge in [0.2, 0.25) is 0 Å². The summed E-state index contributed by atoms with van der Waals surface area (Å²) in [5.41, 5.74) is 1.27. The smallest absolute Gasteiger partial charge is 0.143 e. The van der Waals surface area contributed by atoms with Crippen LogP contribution in [0.25, 0.3) is 10.8 Å².